The maximum Gasteiger partial charge on any atom is 0.501 e. The van der Waals surface area contributed by atoms with Crippen molar-refractivity contribution >= 4 is 16.5 Å². The second-order valence-corrected chi connectivity index (χ2v) is 4.06. The average Bonchev–Trinajstić information content (AvgIpc) is 2.42. The van der Waals surface area contributed by atoms with Crippen molar-refractivity contribution in [1.82, 2.24) is 0 Å². The lowest BCUT2D eigenvalue weighted by Crippen LogP contribution is -2.08. The van der Waals surface area contributed by atoms with Crippen LogP contribution < -0.4 is 8.37 Å². The molecular formula is C9H8O4S. The third kappa shape index (κ3) is 1.26. The Morgan fingerprint density at radius 3 is 2.57 bits per heavy atom. The Bertz CT molecular complexity index is 502. The van der Waals surface area contributed by atoms with E-state index >= 15 is 0 Å². The molecule has 1 aromatic carbocycles. The Morgan fingerprint density at radius 1 is 1.29 bits per heavy atom. The third-order valence-electron chi connectivity index (χ3n) is 1.93. The van der Waals surface area contributed by atoms with Crippen LogP contribution in [0.2, 0.25) is 0 Å². The van der Waals surface area contributed by atoms with Gasteiger partial charge in [-0.2, -0.15) is 0 Å². The van der Waals surface area contributed by atoms with Gasteiger partial charge in [-0.15, -0.1) is 8.42 Å². The van der Waals surface area contributed by atoms with Crippen molar-refractivity contribution in [2.24, 2.45) is 0 Å². The van der Waals surface area contributed by atoms with E-state index in [4.69, 9.17) is 0 Å². The van der Waals surface area contributed by atoms with Gasteiger partial charge >= 0.3 is 10.4 Å². The average molecular weight is 212 g/mol. The topological polar surface area (TPSA) is 52.6 Å². The standard InChI is InChI=1S/C9H8O4S/c1-3-7-5-4-6(2)8-9(7)13-14(10,11)12-8/h3-5H,1H2,2H3. The van der Waals surface area contributed by atoms with E-state index < -0.39 is 10.4 Å². The van der Waals surface area contributed by atoms with E-state index in [0.717, 1.165) is 0 Å². The van der Waals surface area contributed by atoms with Gasteiger partial charge in [-0.3, -0.25) is 0 Å². The largest absolute Gasteiger partial charge is 0.501 e. The first-order chi connectivity index (χ1) is 6.53. The molecular weight excluding hydrogens is 204 g/mol. The lowest BCUT2D eigenvalue weighted by Gasteiger charge is -2.00. The van der Waals surface area contributed by atoms with Gasteiger partial charge in [0.15, 0.2) is 11.5 Å². The summed E-state index contributed by atoms with van der Waals surface area (Å²) in [4.78, 5) is 0. The molecule has 0 fully saturated rings. The monoisotopic (exact) mass is 212 g/mol. The Kier molecular flexibility index (Phi) is 1.78. The summed E-state index contributed by atoms with van der Waals surface area (Å²) in [7, 11) is -3.91. The lowest BCUT2D eigenvalue weighted by atomic mass is 10.1. The van der Waals surface area contributed by atoms with Crippen LogP contribution in [-0.2, 0) is 10.4 Å². The fourth-order valence-electron chi connectivity index (χ4n) is 1.25. The van der Waals surface area contributed by atoms with Crippen molar-refractivity contribution < 1.29 is 16.8 Å². The SMILES string of the molecule is C=Cc1ccc(C)c2c1OS(=O)(=O)O2. The molecule has 1 aliphatic rings. The summed E-state index contributed by atoms with van der Waals surface area (Å²) in [5.74, 6) is 0.474. The molecule has 0 aliphatic carbocycles. The minimum absolute atomic E-state index is 0.222. The quantitative estimate of drug-likeness (QED) is 0.710. The summed E-state index contributed by atoms with van der Waals surface area (Å²) >= 11 is 0. The molecule has 74 valence electrons. The number of aryl methyl sites for hydroxylation is 1. The van der Waals surface area contributed by atoms with Crippen LogP contribution in [0, 0.1) is 6.92 Å². The molecule has 2 rings (SSSR count). The molecule has 0 spiro atoms. The van der Waals surface area contributed by atoms with Crippen molar-refractivity contribution in [2.75, 3.05) is 0 Å². The van der Waals surface area contributed by atoms with Crippen LogP contribution in [0.4, 0.5) is 0 Å². The van der Waals surface area contributed by atoms with Crippen LogP contribution in [0.25, 0.3) is 6.08 Å². The van der Waals surface area contributed by atoms with Crippen LogP contribution >= 0.6 is 0 Å². The maximum atomic E-state index is 11.0. The molecule has 5 heteroatoms. The van der Waals surface area contributed by atoms with E-state index in [1.165, 1.54) is 6.08 Å². The second kappa shape index (κ2) is 2.75. The van der Waals surface area contributed by atoms with Crippen LogP contribution in [-0.4, -0.2) is 8.42 Å². The summed E-state index contributed by atoms with van der Waals surface area (Å²) in [6, 6.07) is 3.48. The summed E-state index contributed by atoms with van der Waals surface area (Å²) in [6.07, 6.45) is 1.52. The van der Waals surface area contributed by atoms with E-state index in [1.54, 1.807) is 19.1 Å². The fraction of sp³-hybridized carbons (Fsp3) is 0.111. The molecule has 1 heterocycles. The van der Waals surface area contributed by atoms with E-state index in [-0.39, 0.29) is 11.5 Å². The van der Waals surface area contributed by atoms with E-state index in [2.05, 4.69) is 14.9 Å². The summed E-state index contributed by atoms with van der Waals surface area (Å²) < 4.78 is 31.4. The Morgan fingerprint density at radius 2 is 1.93 bits per heavy atom. The molecule has 0 saturated carbocycles. The van der Waals surface area contributed by atoms with Crippen LogP contribution in [0.3, 0.4) is 0 Å². The number of benzene rings is 1. The Labute approximate surface area is 82.1 Å². The molecule has 0 unspecified atom stereocenters. The summed E-state index contributed by atoms with van der Waals surface area (Å²) in [6.45, 7) is 5.30. The van der Waals surface area contributed by atoms with Crippen molar-refractivity contribution in [2.45, 2.75) is 6.92 Å². The molecule has 0 bridgehead atoms. The zero-order valence-electron chi connectivity index (χ0n) is 7.48. The van der Waals surface area contributed by atoms with Gasteiger partial charge in [-0.05, 0) is 12.5 Å². The molecule has 1 aromatic rings. The molecule has 0 saturated heterocycles. The van der Waals surface area contributed by atoms with Crippen LogP contribution in [0.5, 0.6) is 11.5 Å². The molecule has 4 nitrogen and oxygen atoms in total. The van der Waals surface area contributed by atoms with Gasteiger partial charge < -0.3 is 8.37 Å². The van der Waals surface area contributed by atoms with Crippen LogP contribution in [0.1, 0.15) is 11.1 Å². The first-order valence-electron chi connectivity index (χ1n) is 3.93. The van der Waals surface area contributed by atoms with Crippen LogP contribution in [0.15, 0.2) is 18.7 Å². The minimum atomic E-state index is -3.91. The van der Waals surface area contributed by atoms with E-state index in [1.807, 2.05) is 0 Å². The van der Waals surface area contributed by atoms with Crippen molar-refractivity contribution in [3.05, 3.63) is 29.8 Å². The fourth-order valence-corrected chi connectivity index (χ4v) is 2.07. The number of rotatable bonds is 1. The normalized spacial score (nSPS) is 16.6. The molecule has 0 N–H and O–H groups in total. The molecule has 1 aliphatic heterocycles. The second-order valence-electron chi connectivity index (χ2n) is 2.91. The summed E-state index contributed by atoms with van der Waals surface area (Å²) in [5.41, 5.74) is 1.32. The van der Waals surface area contributed by atoms with Crippen molar-refractivity contribution in [1.29, 1.82) is 0 Å². The van der Waals surface area contributed by atoms with Gasteiger partial charge in [0.25, 0.3) is 0 Å². The molecule has 0 amide bonds. The van der Waals surface area contributed by atoms with Crippen molar-refractivity contribution in [3.8, 4) is 11.5 Å². The predicted molar refractivity (Wildman–Crippen MR) is 51.4 cm³/mol. The molecule has 0 aromatic heterocycles. The molecule has 14 heavy (non-hydrogen) atoms. The highest BCUT2D eigenvalue weighted by molar-refractivity contribution is 7.82. The molecule has 0 atom stereocenters. The van der Waals surface area contributed by atoms with Gasteiger partial charge in [0, 0.05) is 5.56 Å². The smallest absolute Gasteiger partial charge is 0.348 e. The third-order valence-corrected chi connectivity index (χ3v) is 2.67. The van der Waals surface area contributed by atoms with Gasteiger partial charge in [0.2, 0.25) is 0 Å². The summed E-state index contributed by atoms with van der Waals surface area (Å²) in [5, 5.41) is 0. The highest BCUT2D eigenvalue weighted by atomic mass is 32.3. The maximum absolute atomic E-state index is 11.0. The minimum Gasteiger partial charge on any atom is -0.348 e. The lowest BCUT2D eigenvalue weighted by molar-refractivity contribution is 0.436. The highest BCUT2D eigenvalue weighted by Crippen LogP contribution is 2.41. The van der Waals surface area contributed by atoms with E-state index in [0.29, 0.717) is 11.1 Å². The first-order valence-corrected chi connectivity index (χ1v) is 5.27. The van der Waals surface area contributed by atoms with Gasteiger partial charge in [-0.25, -0.2) is 0 Å². The number of hydrogen-bond donors (Lipinski definition) is 0. The molecule has 0 radical (unpaired) electrons. The van der Waals surface area contributed by atoms with Crippen molar-refractivity contribution in [3.63, 3.8) is 0 Å². The van der Waals surface area contributed by atoms with Gasteiger partial charge in [0.1, 0.15) is 0 Å². The zero-order chi connectivity index (χ0) is 10.3. The number of hydrogen-bond acceptors (Lipinski definition) is 4. The highest BCUT2D eigenvalue weighted by Gasteiger charge is 2.31. The van der Waals surface area contributed by atoms with Gasteiger partial charge in [-0.1, -0.05) is 24.8 Å². The number of fused-ring (bicyclic) bond motifs is 1. The van der Waals surface area contributed by atoms with Gasteiger partial charge in [0.05, 0.1) is 0 Å². The Hall–Kier alpha value is -1.49. The van der Waals surface area contributed by atoms with E-state index in [9.17, 15) is 8.42 Å². The Balaban J connectivity index is 2.70. The predicted octanol–water partition coefficient (Wildman–Crippen LogP) is 1.65. The first kappa shape index (κ1) is 9.08. The zero-order valence-corrected chi connectivity index (χ0v) is 8.30.